The van der Waals surface area contributed by atoms with Crippen LogP contribution in [0.1, 0.15) is 22.8 Å². The van der Waals surface area contributed by atoms with Crippen molar-refractivity contribution in [2.75, 3.05) is 13.3 Å². The summed E-state index contributed by atoms with van der Waals surface area (Å²) in [6, 6.07) is 9.96. The minimum absolute atomic E-state index is 0.159. The molecule has 29 heavy (non-hydrogen) atoms. The third kappa shape index (κ3) is 3.62. The average molecular weight is 394 g/mol. The molecule has 1 aliphatic heterocycles. The van der Waals surface area contributed by atoms with E-state index in [4.69, 9.17) is 9.47 Å². The summed E-state index contributed by atoms with van der Waals surface area (Å²) in [5, 5.41) is 11.6. The molecule has 0 radical (unpaired) electrons. The van der Waals surface area contributed by atoms with Crippen molar-refractivity contribution in [2.45, 2.75) is 13.5 Å². The lowest BCUT2D eigenvalue weighted by Gasteiger charge is -2.21. The highest BCUT2D eigenvalue weighted by Crippen LogP contribution is 2.33. The van der Waals surface area contributed by atoms with Crippen LogP contribution in [-0.2, 0) is 6.54 Å². The number of nitro groups is 1. The van der Waals surface area contributed by atoms with E-state index in [0.717, 1.165) is 5.56 Å². The van der Waals surface area contributed by atoms with E-state index in [9.17, 15) is 14.9 Å². The Balaban J connectivity index is 1.60. The van der Waals surface area contributed by atoms with Gasteiger partial charge in [-0.15, -0.1) is 0 Å². The summed E-state index contributed by atoms with van der Waals surface area (Å²) in [7, 11) is 0. The molecule has 2 heterocycles. The molecule has 0 aliphatic carbocycles. The normalized spacial score (nSPS) is 12.0. The molecular formula is C20H18N4O5. The maximum Gasteiger partial charge on any atom is 0.294 e. The first-order valence-electron chi connectivity index (χ1n) is 9.01. The van der Waals surface area contributed by atoms with Crippen molar-refractivity contribution < 1.29 is 19.2 Å². The summed E-state index contributed by atoms with van der Waals surface area (Å²) >= 11 is 0. The van der Waals surface area contributed by atoms with Crippen molar-refractivity contribution in [3.05, 3.63) is 76.4 Å². The van der Waals surface area contributed by atoms with E-state index < -0.39 is 4.92 Å². The predicted molar refractivity (Wildman–Crippen MR) is 103 cm³/mol. The summed E-state index contributed by atoms with van der Waals surface area (Å²) in [4.78, 5) is 29.6. The second kappa shape index (κ2) is 7.63. The van der Waals surface area contributed by atoms with Crippen LogP contribution in [0.5, 0.6) is 11.5 Å². The largest absolute Gasteiger partial charge is 0.454 e. The Morgan fingerprint density at radius 3 is 2.79 bits per heavy atom. The number of benzene rings is 2. The number of amides is 1. The Morgan fingerprint density at radius 1 is 1.24 bits per heavy atom. The van der Waals surface area contributed by atoms with Gasteiger partial charge < -0.3 is 18.9 Å². The molecule has 148 valence electrons. The third-order valence-electron chi connectivity index (χ3n) is 4.68. The van der Waals surface area contributed by atoms with Gasteiger partial charge in [0.05, 0.1) is 11.3 Å². The zero-order chi connectivity index (χ0) is 20.4. The molecule has 9 heteroatoms. The molecular weight excluding hydrogens is 376 g/mol. The Hall–Kier alpha value is -3.88. The Morgan fingerprint density at radius 2 is 2.07 bits per heavy atom. The summed E-state index contributed by atoms with van der Waals surface area (Å²) in [5.41, 5.74) is 1.33. The summed E-state index contributed by atoms with van der Waals surface area (Å²) in [5.74, 6) is 1.03. The first kappa shape index (κ1) is 18.5. The van der Waals surface area contributed by atoms with E-state index >= 15 is 0 Å². The fourth-order valence-electron chi connectivity index (χ4n) is 3.19. The number of rotatable bonds is 6. The molecule has 0 fully saturated rings. The molecule has 2 aromatic carbocycles. The van der Waals surface area contributed by atoms with Crippen molar-refractivity contribution in [3.8, 4) is 17.2 Å². The van der Waals surface area contributed by atoms with E-state index in [1.807, 2.05) is 19.1 Å². The van der Waals surface area contributed by atoms with Crippen LogP contribution in [0.2, 0.25) is 0 Å². The van der Waals surface area contributed by atoms with Crippen LogP contribution in [0.15, 0.2) is 55.1 Å². The molecule has 3 aromatic rings. The number of hydrogen-bond donors (Lipinski definition) is 0. The second-order valence-electron chi connectivity index (χ2n) is 6.44. The van der Waals surface area contributed by atoms with Crippen molar-refractivity contribution in [3.63, 3.8) is 0 Å². The van der Waals surface area contributed by atoms with E-state index in [-0.39, 0.29) is 24.0 Å². The van der Waals surface area contributed by atoms with Gasteiger partial charge in [0, 0.05) is 37.1 Å². The lowest BCUT2D eigenvalue weighted by Crippen LogP contribution is -2.30. The minimum Gasteiger partial charge on any atom is -0.454 e. The number of nitrogens with zero attached hydrogens (tertiary/aromatic N) is 4. The van der Waals surface area contributed by atoms with Crippen molar-refractivity contribution in [1.82, 2.24) is 14.5 Å². The zero-order valence-corrected chi connectivity index (χ0v) is 15.6. The molecule has 1 aromatic heterocycles. The van der Waals surface area contributed by atoms with Crippen LogP contribution in [0.3, 0.4) is 0 Å². The zero-order valence-electron chi connectivity index (χ0n) is 15.6. The second-order valence-corrected chi connectivity index (χ2v) is 6.44. The van der Waals surface area contributed by atoms with Gasteiger partial charge in [-0.05, 0) is 36.8 Å². The standard InChI is InChI=1S/C20H18N4O5/c1-2-22(11-14-3-6-18-19(9-14)29-13-28-18)20(25)15-4-5-16(17(10-15)24(26)27)23-8-7-21-12-23/h3-10,12H,2,11,13H2,1H3. The van der Waals surface area contributed by atoms with Gasteiger partial charge >= 0.3 is 0 Å². The average Bonchev–Trinajstić information content (AvgIpc) is 3.42. The van der Waals surface area contributed by atoms with Gasteiger partial charge in [-0.1, -0.05) is 6.07 Å². The summed E-state index contributed by atoms with van der Waals surface area (Å²) < 4.78 is 12.2. The van der Waals surface area contributed by atoms with Crippen molar-refractivity contribution in [2.24, 2.45) is 0 Å². The van der Waals surface area contributed by atoms with E-state index in [0.29, 0.717) is 30.3 Å². The highest BCUT2D eigenvalue weighted by atomic mass is 16.7. The van der Waals surface area contributed by atoms with Crippen molar-refractivity contribution in [1.29, 1.82) is 0 Å². The van der Waals surface area contributed by atoms with Crippen LogP contribution >= 0.6 is 0 Å². The van der Waals surface area contributed by atoms with Crippen LogP contribution in [0.25, 0.3) is 5.69 Å². The molecule has 1 aliphatic rings. The first-order valence-corrected chi connectivity index (χ1v) is 9.01. The highest BCUT2D eigenvalue weighted by Gasteiger charge is 2.22. The first-order chi connectivity index (χ1) is 14.1. The Labute approximate surface area is 166 Å². The molecule has 0 saturated carbocycles. The van der Waals surface area contributed by atoms with Gasteiger partial charge in [0.25, 0.3) is 11.6 Å². The number of nitro benzene ring substituents is 1. The monoisotopic (exact) mass is 394 g/mol. The Bertz CT molecular complexity index is 1060. The van der Waals surface area contributed by atoms with Gasteiger partial charge in [0.15, 0.2) is 11.5 Å². The highest BCUT2D eigenvalue weighted by molar-refractivity contribution is 5.95. The molecule has 9 nitrogen and oxygen atoms in total. The number of ether oxygens (including phenoxy) is 2. The topological polar surface area (TPSA) is 99.7 Å². The number of carbonyl (C=O) groups is 1. The van der Waals surface area contributed by atoms with Gasteiger partial charge in [-0.25, -0.2) is 4.98 Å². The molecule has 0 atom stereocenters. The molecule has 0 N–H and O–H groups in total. The molecule has 0 saturated heterocycles. The fraction of sp³-hybridized carbons (Fsp3) is 0.200. The number of hydrogen-bond acceptors (Lipinski definition) is 6. The van der Waals surface area contributed by atoms with Crippen LogP contribution in [0, 0.1) is 10.1 Å². The lowest BCUT2D eigenvalue weighted by atomic mass is 10.1. The number of imidazole rings is 1. The lowest BCUT2D eigenvalue weighted by molar-refractivity contribution is -0.384. The van der Waals surface area contributed by atoms with Gasteiger partial charge in [-0.3, -0.25) is 14.9 Å². The molecule has 0 unspecified atom stereocenters. The molecule has 0 bridgehead atoms. The Kier molecular flexibility index (Phi) is 4.86. The van der Waals surface area contributed by atoms with Gasteiger partial charge in [-0.2, -0.15) is 0 Å². The van der Waals surface area contributed by atoms with E-state index in [1.165, 1.54) is 23.2 Å². The van der Waals surface area contributed by atoms with Gasteiger partial charge in [0.1, 0.15) is 5.69 Å². The number of fused-ring (bicyclic) bond motifs is 1. The van der Waals surface area contributed by atoms with Gasteiger partial charge in [0.2, 0.25) is 6.79 Å². The van der Waals surface area contributed by atoms with Crippen molar-refractivity contribution >= 4 is 11.6 Å². The molecule has 4 rings (SSSR count). The quantitative estimate of drug-likeness (QED) is 0.470. The number of carbonyl (C=O) groups excluding carboxylic acids is 1. The smallest absolute Gasteiger partial charge is 0.294 e. The molecule has 1 amide bonds. The summed E-state index contributed by atoms with van der Waals surface area (Å²) in [6.45, 7) is 2.84. The maximum atomic E-state index is 13.0. The SMILES string of the molecule is CCN(Cc1ccc2c(c1)OCO2)C(=O)c1ccc(-n2ccnc2)c([N+](=O)[O-])c1. The maximum absolute atomic E-state index is 13.0. The third-order valence-corrected chi connectivity index (χ3v) is 4.68. The molecule has 0 spiro atoms. The number of aromatic nitrogens is 2. The minimum atomic E-state index is -0.500. The fourth-order valence-corrected chi connectivity index (χ4v) is 3.19. The van der Waals surface area contributed by atoms with Crippen LogP contribution < -0.4 is 9.47 Å². The predicted octanol–water partition coefficient (Wildman–Crippen LogP) is 3.17. The van der Waals surface area contributed by atoms with Crippen LogP contribution in [0.4, 0.5) is 5.69 Å². The summed E-state index contributed by atoms with van der Waals surface area (Å²) in [6.07, 6.45) is 4.62. The van der Waals surface area contributed by atoms with E-state index in [2.05, 4.69) is 4.98 Å². The van der Waals surface area contributed by atoms with E-state index in [1.54, 1.807) is 29.3 Å². The van der Waals surface area contributed by atoms with Crippen LogP contribution in [-0.4, -0.2) is 38.6 Å².